The summed E-state index contributed by atoms with van der Waals surface area (Å²) >= 11 is 0. The van der Waals surface area contributed by atoms with E-state index in [1.165, 1.54) is 0 Å². The molecule has 0 radical (unpaired) electrons. The van der Waals surface area contributed by atoms with E-state index in [0.29, 0.717) is 37.3 Å². The summed E-state index contributed by atoms with van der Waals surface area (Å²) in [6.45, 7) is 5.07. The van der Waals surface area contributed by atoms with E-state index in [1.54, 1.807) is 12.1 Å². The van der Waals surface area contributed by atoms with E-state index in [1.807, 2.05) is 56.3 Å². The number of hydrogen-bond donors (Lipinski definition) is 2. The van der Waals surface area contributed by atoms with E-state index in [2.05, 4.69) is 10.6 Å². The first-order valence-corrected chi connectivity index (χ1v) is 9.91. The van der Waals surface area contributed by atoms with Crippen LogP contribution in [0, 0.1) is 0 Å². The Morgan fingerprint density at radius 1 is 1.04 bits per heavy atom. The van der Waals surface area contributed by atoms with Crippen LogP contribution >= 0.6 is 0 Å². The molecule has 2 aromatic carbocycles. The summed E-state index contributed by atoms with van der Waals surface area (Å²) in [5.74, 6) is -0.267. The fourth-order valence-electron chi connectivity index (χ4n) is 3.56. The van der Waals surface area contributed by atoms with Gasteiger partial charge < -0.3 is 15.4 Å². The Kier molecular flexibility index (Phi) is 6.47. The van der Waals surface area contributed by atoms with E-state index in [-0.39, 0.29) is 17.9 Å². The van der Waals surface area contributed by atoms with Crippen molar-refractivity contribution in [3.05, 3.63) is 65.7 Å². The number of rotatable bonds is 6. The first kappa shape index (κ1) is 20.1. The lowest BCUT2D eigenvalue weighted by atomic mass is 9.73. The molecule has 0 aromatic heterocycles. The van der Waals surface area contributed by atoms with Crippen molar-refractivity contribution < 1.29 is 14.3 Å². The van der Waals surface area contributed by atoms with Gasteiger partial charge in [0.1, 0.15) is 0 Å². The lowest BCUT2D eigenvalue weighted by molar-refractivity contribution is -0.125. The van der Waals surface area contributed by atoms with Gasteiger partial charge in [-0.1, -0.05) is 49.4 Å². The van der Waals surface area contributed by atoms with Crippen molar-refractivity contribution in [2.75, 3.05) is 18.5 Å². The van der Waals surface area contributed by atoms with E-state index < -0.39 is 5.41 Å². The highest BCUT2D eigenvalue weighted by Gasteiger charge is 2.41. The average molecular weight is 380 g/mol. The van der Waals surface area contributed by atoms with Gasteiger partial charge in [0.05, 0.1) is 16.7 Å². The molecule has 0 aliphatic carbocycles. The van der Waals surface area contributed by atoms with Gasteiger partial charge in [-0.25, -0.2) is 0 Å². The first-order chi connectivity index (χ1) is 13.6. The van der Waals surface area contributed by atoms with E-state index in [4.69, 9.17) is 4.74 Å². The molecule has 1 atom stereocenters. The molecule has 2 amide bonds. The quantitative estimate of drug-likeness (QED) is 0.799. The fraction of sp³-hybridized carbons (Fsp3) is 0.391. The number of amides is 2. The number of anilines is 1. The fourth-order valence-corrected chi connectivity index (χ4v) is 3.56. The van der Waals surface area contributed by atoms with Gasteiger partial charge in [0.2, 0.25) is 5.91 Å². The lowest BCUT2D eigenvalue weighted by Gasteiger charge is -2.36. The number of ether oxygens (including phenoxy) is 1. The molecule has 2 aromatic rings. The molecular formula is C23H28N2O3. The molecule has 0 bridgehead atoms. The molecular weight excluding hydrogens is 352 g/mol. The minimum absolute atomic E-state index is 0.0717. The van der Waals surface area contributed by atoms with Crippen LogP contribution in [0.5, 0.6) is 0 Å². The minimum atomic E-state index is -0.653. The maximum absolute atomic E-state index is 13.4. The molecule has 0 spiro atoms. The van der Waals surface area contributed by atoms with Crippen LogP contribution < -0.4 is 10.6 Å². The van der Waals surface area contributed by atoms with Crippen molar-refractivity contribution in [3.63, 3.8) is 0 Å². The molecule has 1 heterocycles. The number of para-hydroxylation sites is 1. The van der Waals surface area contributed by atoms with Gasteiger partial charge in [0.15, 0.2) is 0 Å². The smallest absolute Gasteiger partial charge is 0.253 e. The molecule has 28 heavy (non-hydrogen) atoms. The highest BCUT2D eigenvalue weighted by molar-refractivity contribution is 6.06. The summed E-state index contributed by atoms with van der Waals surface area (Å²) in [4.78, 5) is 26.1. The number of hydrogen-bond acceptors (Lipinski definition) is 3. The number of nitrogens with one attached hydrogen (secondary N) is 2. The van der Waals surface area contributed by atoms with Crippen molar-refractivity contribution in [2.45, 2.75) is 44.6 Å². The zero-order valence-corrected chi connectivity index (χ0v) is 16.5. The zero-order chi connectivity index (χ0) is 20.0. The van der Waals surface area contributed by atoms with Crippen LogP contribution in [0.15, 0.2) is 54.6 Å². The Labute approximate surface area is 166 Å². The molecule has 148 valence electrons. The van der Waals surface area contributed by atoms with Crippen LogP contribution in [0.25, 0.3) is 0 Å². The normalized spacial score (nSPS) is 16.8. The second-order valence-electron chi connectivity index (χ2n) is 7.34. The molecule has 2 N–H and O–H groups in total. The number of carbonyl (C=O) groups is 2. The van der Waals surface area contributed by atoms with Gasteiger partial charge in [-0.15, -0.1) is 0 Å². The SMILES string of the molecule is CC[C@@H](C)NC(=O)c1ccccc1NC(=O)C1(c2ccccc2)CCOCC1. The van der Waals surface area contributed by atoms with Crippen molar-refractivity contribution in [3.8, 4) is 0 Å². The van der Waals surface area contributed by atoms with Gasteiger partial charge in [0.25, 0.3) is 5.91 Å². The Morgan fingerprint density at radius 2 is 1.68 bits per heavy atom. The van der Waals surface area contributed by atoms with Gasteiger partial charge in [-0.2, -0.15) is 0 Å². The van der Waals surface area contributed by atoms with Crippen LogP contribution in [0.4, 0.5) is 5.69 Å². The van der Waals surface area contributed by atoms with Crippen molar-refractivity contribution in [1.29, 1.82) is 0 Å². The molecule has 0 saturated carbocycles. The second-order valence-corrected chi connectivity index (χ2v) is 7.34. The van der Waals surface area contributed by atoms with Crippen LogP contribution in [-0.2, 0) is 14.9 Å². The average Bonchev–Trinajstić information content (AvgIpc) is 2.75. The summed E-state index contributed by atoms with van der Waals surface area (Å²) in [5.41, 5.74) is 1.35. The number of benzene rings is 2. The first-order valence-electron chi connectivity index (χ1n) is 9.91. The third-order valence-corrected chi connectivity index (χ3v) is 5.52. The molecule has 3 rings (SSSR count). The zero-order valence-electron chi connectivity index (χ0n) is 16.5. The Hall–Kier alpha value is -2.66. The Balaban J connectivity index is 1.88. The Morgan fingerprint density at radius 3 is 2.36 bits per heavy atom. The summed E-state index contributed by atoms with van der Waals surface area (Å²) in [6, 6.07) is 17.1. The third-order valence-electron chi connectivity index (χ3n) is 5.52. The van der Waals surface area contributed by atoms with Crippen molar-refractivity contribution in [1.82, 2.24) is 5.32 Å². The Bertz CT molecular complexity index is 814. The summed E-state index contributed by atoms with van der Waals surface area (Å²) in [7, 11) is 0. The topological polar surface area (TPSA) is 67.4 Å². The number of carbonyl (C=O) groups excluding carboxylic acids is 2. The minimum Gasteiger partial charge on any atom is -0.381 e. The van der Waals surface area contributed by atoms with Crippen LogP contribution in [-0.4, -0.2) is 31.1 Å². The van der Waals surface area contributed by atoms with E-state index in [9.17, 15) is 9.59 Å². The highest BCUT2D eigenvalue weighted by atomic mass is 16.5. The maximum atomic E-state index is 13.4. The van der Waals surface area contributed by atoms with Gasteiger partial charge >= 0.3 is 0 Å². The van der Waals surface area contributed by atoms with Gasteiger partial charge in [-0.05, 0) is 43.9 Å². The third kappa shape index (κ3) is 4.25. The van der Waals surface area contributed by atoms with Crippen molar-refractivity contribution >= 4 is 17.5 Å². The van der Waals surface area contributed by atoms with E-state index in [0.717, 1.165) is 12.0 Å². The van der Waals surface area contributed by atoms with Crippen molar-refractivity contribution in [2.24, 2.45) is 0 Å². The van der Waals surface area contributed by atoms with Gasteiger partial charge in [0, 0.05) is 19.3 Å². The molecule has 0 unspecified atom stereocenters. The predicted molar refractivity (Wildman–Crippen MR) is 110 cm³/mol. The molecule has 1 saturated heterocycles. The van der Waals surface area contributed by atoms with Crippen LogP contribution in [0.1, 0.15) is 49.0 Å². The molecule has 5 nitrogen and oxygen atoms in total. The monoisotopic (exact) mass is 380 g/mol. The summed E-state index contributed by atoms with van der Waals surface area (Å²) in [6.07, 6.45) is 2.07. The second kappa shape index (κ2) is 9.02. The highest BCUT2D eigenvalue weighted by Crippen LogP contribution is 2.36. The lowest BCUT2D eigenvalue weighted by Crippen LogP contribution is -2.45. The molecule has 1 aliphatic heterocycles. The molecule has 1 fully saturated rings. The molecule has 5 heteroatoms. The summed E-state index contributed by atoms with van der Waals surface area (Å²) in [5, 5.41) is 6.01. The van der Waals surface area contributed by atoms with Crippen LogP contribution in [0.3, 0.4) is 0 Å². The standard InChI is InChI=1S/C23H28N2O3/c1-3-17(2)24-21(26)19-11-7-8-12-20(19)25-22(27)23(13-15-28-16-14-23)18-9-5-4-6-10-18/h4-12,17H,3,13-16H2,1-2H3,(H,24,26)(H,25,27)/t17-/m1/s1. The van der Waals surface area contributed by atoms with Gasteiger partial charge in [-0.3, -0.25) is 9.59 Å². The maximum Gasteiger partial charge on any atom is 0.253 e. The molecule has 1 aliphatic rings. The largest absolute Gasteiger partial charge is 0.381 e. The van der Waals surface area contributed by atoms with Crippen LogP contribution in [0.2, 0.25) is 0 Å². The summed E-state index contributed by atoms with van der Waals surface area (Å²) < 4.78 is 5.52. The van der Waals surface area contributed by atoms with E-state index >= 15 is 0 Å². The predicted octanol–water partition coefficient (Wildman–Crippen LogP) is 3.90.